The van der Waals surface area contributed by atoms with Crippen LogP contribution in [0.3, 0.4) is 0 Å². The lowest BCUT2D eigenvalue weighted by Gasteiger charge is -2.43. The molecule has 9 rings (SSSR count). The zero-order chi connectivity index (χ0) is 46.7. The number of benzene rings is 2. The van der Waals surface area contributed by atoms with Gasteiger partial charge in [-0.2, -0.15) is 18.2 Å². The van der Waals surface area contributed by atoms with Gasteiger partial charge in [-0.3, -0.25) is 38.7 Å². The van der Waals surface area contributed by atoms with Crippen molar-refractivity contribution in [3.63, 3.8) is 0 Å². The summed E-state index contributed by atoms with van der Waals surface area (Å²) in [7, 11) is 1.67. The number of carbonyl (C=O) groups is 2. The van der Waals surface area contributed by atoms with Crippen molar-refractivity contribution < 1.29 is 32.6 Å². The molecule has 6 heterocycles. The number of rotatable bonds is 13. The molecule has 3 N–H and O–H groups in total. The molecular formula is C49H59F3N10O5. The smallest absolute Gasteiger partial charge is 0.390 e. The van der Waals surface area contributed by atoms with Crippen LogP contribution < -0.4 is 16.3 Å². The van der Waals surface area contributed by atoms with E-state index in [1.807, 2.05) is 12.1 Å². The SMILES string of the molecule is Cn1c(=O)n(C2CCC(=O)NC2=O)c2ccc(C#CCOCCN3CCCC(N4CCN(Cc5ccc(-c6cn(C7CCC(O)CC7)c7nc(NCCC(F)(F)F)ncc67)cc5)CC4)C3)cc21. The number of carbonyl (C=O) groups excluding carboxylic acids is 2. The number of imidazole rings is 1. The molecule has 67 heavy (non-hydrogen) atoms. The molecule has 2 aromatic carbocycles. The van der Waals surface area contributed by atoms with Crippen LogP contribution in [0.5, 0.6) is 0 Å². The first-order chi connectivity index (χ1) is 32.4. The van der Waals surface area contributed by atoms with E-state index in [0.717, 1.165) is 93.7 Å². The summed E-state index contributed by atoms with van der Waals surface area (Å²) in [4.78, 5) is 54.0. The number of nitrogens with zero attached hydrogens (tertiary/aromatic N) is 8. The molecule has 0 spiro atoms. The van der Waals surface area contributed by atoms with E-state index in [-0.39, 0.29) is 49.1 Å². The first-order valence-corrected chi connectivity index (χ1v) is 23.6. The van der Waals surface area contributed by atoms with Gasteiger partial charge in [-0.25, -0.2) is 9.78 Å². The molecule has 3 saturated heterocycles. The highest BCUT2D eigenvalue weighted by atomic mass is 19.4. The topological polar surface area (TPSA) is 155 Å². The summed E-state index contributed by atoms with van der Waals surface area (Å²) in [6.45, 7) is 8.40. The average Bonchev–Trinajstić information content (AvgIpc) is 3.81. The van der Waals surface area contributed by atoms with Crippen molar-refractivity contribution in [2.45, 2.75) is 94.7 Å². The first kappa shape index (κ1) is 46.5. The second kappa shape index (κ2) is 20.3. The summed E-state index contributed by atoms with van der Waals surface area (Å²) < 4.78 is 49.5. The molecule has 0 radical (unpaired) electrons. The van der Waals surface area contributed by atoms with Gasteiger partial charge in [0.05, 0.1) is 30.2 Å². The molecule has 356 valence electrons. The lowest BCUT2D eigenvalue weighted by atomic mass is 9.93. The summed E-state index contributed by atoms with van der Waals surface area (Å²) >= 11 is 0. The van der Waals surface area contributed by atoms with Crippen molar-refractivity contribution in [1.82, 2.24) is 43.7 Å². The van der Waals surface area contributed by atoms with Gasteiger partial charge in [0, 0.05) is 107 Å². The predicted molar refractivity (Wildman–Crippen MR) is 248 cm³/mol. The Kier molecular flexibility index (Phi) is 14.1. The van der Waals surface area contributed by atoms with E-state index in [9.17, 15) is 32.7 Å². The van der Waals surface area contributed by atoms with Crippen LogP contribution >= 0.6 is 0 Å². The number of imide groups is 1. The molecule has 3 aromatic heterocycles. The zero-order valence-corrected chi connectivity index (χ0v) is 37.9. The average molecular weight is 925 g/mol. The molecule has 2 atom stereocenters. The van der Waals surface area contributed by atoms with Crippen LogP contribution in [0.2, 0.25) is 0 Å². The second-order valence-corrected chi connectivity index (χ2v) is 18.5. The Balaban J connectivity index is 0.734. The van der Waals surface area contributed by atoms with Gasteiger partial charge in [0.2, 0.25) is 17.8 Å². The lowest BCUT2D eigenvalue weighted by molar-refractivity contribution is -0.136. The van der Waals surface area contributed by atoms with Crippen molar-refractivity contribution in [3.8, 4) is 23.0 Å². The molecule has 5 aromatic rings. The molecule has 15 nitrogen and oxygen atoms in total. The summed E-state index contributed by atoms with van der Waals surface area (Å²) in [5.41, 5.74) is 5.66. The maximum Gasteiger partial charge on any atom is 0.390 e. The third-order valence-electron chi connectivity index (χ3n) is 14.0. The first-order valence-electron chi connectivity index (χ1n) is 23.6. The third-order valence-corrected chi connectivity index (χ3v) is 14.0. The fourth-order valence-electron chi connectivity index (χ4n) is 10.3. The van der Waals surface area contributed by atoms with E-state index in [1.54, 1.807) is 19.3 Å². The van der Waals surface area contributed by atoms with Crippen LogP contribution in [0, 0.1) is 11.8 Å². The van der Waals surface area contributed by atoms with Crippen LogP contribution in [-0.4, -0.2) is 139 Å². The van der Waals surface area contributed by atoms with Crippen LogP contribution in [0.15, 0.2) is 59.7 Å². The molecule has 2 unspecified atom stereocenters. The number of aliphatic hydroxyl groups is 1. The summed E-state index contributed by atoms with van der Waals surface area (Å²) in [6, 6.07) is 14.0. The maximum atomic E-state index is 13.1. The predicted octanol–water partition coefficient (Wildman–Crippen LogP) is 5.22. The standard InChI is InChI=1S/C49H59F3N10O5/c1-57-43-28-33(8-15-41(43)62(48(57)66)42-16-17-44(64)55-46(42)65)4-3-26-67-27-25-58-20-2-5-37(31-58)60-23-21-59(22-24-60)30-34-6-9-35(10-7-34)40-32-61(36-11-13-38(63)14-12-36)45-39(40)29-54-47(56-45)53-19-18-49(50,51)52/h6-10,15,28-29,32,36-38,42,63H,2,5,11-14,16-27,30-31H2,1H3,(H,53,54,56)(H,55,64,65). The number of piperidine rings is 2. The van der Waals surface area contributed by atoms with Gasteiger partial charge in [0.1, 0.15) is 18.3 Å². The third kappa shape index (κ3) is 10.9. The minimum absolute atomic E-state index is 0.131. The van der Waals surface area contributed by atoms with Crippen LogP contribution in [0.1, 0.15) is 81.0 Å². The molecule has 18 heteroatoms. The van der Waals surface area contributed by atoms with Gasteiger partial charge in [-0.1, -0.05) is 36.1 Å². The summed E-state index contributed by atoms with van der Waals surface area (Å²) in [5, 5.41) is 16.1. The molecular weight excluding hydrogens is 866 g/mol. The Labute approximate surface area is 387 Å². The van der Waals surface area contributed by atoms with Crippen molar-refractivity contribution >= 4 is 39.8 Å². The Morgan fingerprint density at radius 3 is 2.48 bits per heavy atom. The molecule has 4 aliphatic rings. The number of likely N-dealkylation sites (tertiary alicyclic amines) is 1. The van der Waals surface area contributed by atoms with Gasteiger partial charge in [-0.05, 0) is 80.8 Å². The van der Waals surface area contributed by atoms with E-state index in [4.69, 9.17) is 9.72 Å². The highest BCUT2D eigenvalue weighted by molar-refractivity contribution is 6.00. The number of hydrogen-bond donors (Lipinski definition) is 3. The number of ether oxygens (including phenoxy) is 1. The van der Waals surface area contributed by atoms with Gasteiger partial charge in [0.15, 0.2) is 0 Å². The van der Waals surface area contributed by atoms with Gasteiger partial charge >= 0.3 is 11.9 Å². The fourth-order valence-corrected chi connectivity index (χ4v) is 10.3. The molecule has 1 aliphatic carbocycles. The largest absolute Gasteiger partial charge is 0.393 e. The van der Waals surface area contributed by atoms with Crippen molar-refractivity contribution in [2.24, 2.45) is 7.05 Å². The summed E-state index contributed by atoms with van der Waals surface area (Å²) in [5.74, 6) is 5.64. The van der Waals surface area contributed by atoms with Crippen molar-refractivity contribution in [1.29, 1.82) is 0 Å². The highest BCUT2D eigenvalue weighted by Gasteiger charge is 2.32. The maximum absolute atomic E-state index is 13.1. The quantitative estimate of drug-likeness (QED) is 0.0810. The molecule has 4 fully saturated rings. The van der Waals surface area contributed by atoms with Crippen LogP contribution in [-0.2, 0) is 27.9 Å². The van der Waals surface area contributed by atoms with Crippen molar-refractivity contribution in [2.75, 3.05) is 70.9 Å². The Morgan fingerprint density at radius 1 is 0.925 bits per heavy atom. The van der Waals surface area contributed by atoms with Gasteiger partial charge < -0.3 is 19.7 Å². The number of aryl methyl sites for hydroxylation is 1. The summed E-state index contributed by atoms with van der Waals surface area (Å²) in [6.07, 6.45) is 4.06. The molecule has 0 bridgehead atoms. The number of nitrogens with one attached hydrogen (secondary N) is 2. The van der Waals surface area contributed by atoms with E-state index < -0.39 is 24.5 Å². The molecule has 3 aliphatic heterocycles. The molecule has 2 amide bonds. The number of amides is 2. The van der Waals surface area contributed by atoms with Gasteiger partial charge in [0.25, 0.3) is 0 Å². The Bertz CT molecular complexity index is 2690. The van der Waals surface area contributed by atoms with Crippen LogP contribution in [0.25, 0.3) is 33.2 Å². The van der Waals surface area contributed by atoms with E-state index >= 15 is 0 Å². The fraction of sp³-hybridized carbons (Fsp3) is 0.531. The van der Waals surface area contributed by atoms with E-state index in [0.29, 0.717) is 48.8 Å². The minimum atomic E-state index is -4.27. The minimum Gasteiger partial charge on any atom is -0.393 e. The second-order valence-electron chi connectivity index (χ2n) is 18.5. The number of aromatic nitrogens is 5. The Hall–Kier alpha value is -5.58. The van der Waals surface area contributed by atoms with Crippen LogP contribution in [0.4, 0.5) is 19.1 Å². The highest BCUT2D eigenvalue weighted by Crippen LogP contribution is 2.37. The number of halogens is 3. The van der Waals surface area contributed by atoms with Gasteiger partial charge in [-0.15, -0.1) is 0 Å². The number of piperazine rings is 1. The number of fused-ring (bicyclic) bond motifs is 2. The number of anilines is 1. The normalized spacial score (nSPS) is 22.5. The molecule has 1 saturated carbocycles. The number of alkyl halides is 3. The number of aliphatic hydroxyl groups excluding tert-OH is 1. The number of hydrogen-bond acceptors (Lipinski definition) is 11. The monoisotopic (exact) mass is 924 g/mol. The van der Waals surface area contributed by atoms with E-state index in [2.05, 4.69) is 77.2 Å². The van der Waals surface area contributed by atoms with E-state index in [1.165, 1.54) is 21.1 Å². The lowest BCUT2D eigenvalue weighted by Crippen LogP contribution is -2.55. The van der Waals surface area contributed by atoms with Crippen molar-refractivity contribution in [3.05, 3.63) is 76.5 Å². The zero-order valence-electron chi connectivity index (χ0n) is 37.9. The Morgan fingerprint density at radius 2 is 1.72 bits per heavy atom.